The molecule has 0 N–H and O–H groups in total. The van der Waals surface area contributed by atoms with E-state index in [-0.39, 0.29) is 16.2 Å². The predicted molar refractivity (Wildman–Crippen MR) is 251 cm³/mol. The molecule has 0 bridgehead atoms. The molecule has 0 amide bonds. The molecule has 0 fully saturated rings. The van der Waals surface area contributed by atoms with Crippen molar-refractivity contribution in [1.29, 1.82) is 0 Å². The first-order valence-electron chi connectivity index (χ1n) is 20.7. The van der Waals surface area contributed by atoms with Gasteiger partial charge in [0.15, 0.2) is 0 Å². The minimum Gasteiger partial charge on any atom is -0.310 e. The van der Waals surface area contributed by atoms with Crippen LogP contribution in [0.5, 0.6) is 0 Å². The minimum atomic E-state index is 0.00579. The molecule has 0 atom stereocenters. The van der Waals surface area contributed by atoms with Gasteiger partial charge in [0.25, 0.3) is 0 Å². The molecule has 58 heavy (non-hydrogen) atoms. The van der Waals surface area contributed by atoms with E-state index in [1.165, 1.54) is 93.0 Å². The van der Waals surface area contributed by atoms with Gasteiger partial charge in [-0.05, 0) is 150 Å². The molecule has 0 aliphatic heterocycles. The Hall–Kier alpha value is -5.96. The lowest BCUT2D eigenvalue weighted by molar-refractivity contribution is 0.403. The molecular formula is C56H47NS. The van der Waals surface area contributed by atoms with Crippen LogP contribution >= 0.6 is 11.3 Å². The Labute approximate surface area is 346 Å². The van der Waals surface area contributed by atoms with E-state index in [0.717, 1.165) is 17.1 Å². The smallest absolute Gasteiger partial charge is 0.0468 e. The van der Waals surface area contributed by atoms with E-state index in [1.54, 1.807) is 0 Å². The summed E-state index contributed by atoms with van der Waals surface area (Å²) in [5, 5.41) is 5.24. The van der Waals surface area contributed by atoms with Crippen LogP contribution in [0.25, 0.3) is 64.3 Å². The van der Waals surface area contributed by atoms with Crippen LogP contribution in [-0.4, -0.2) is 0 Å². The van der Waals surface area contributed by atoms with Gasteiger partial charge in [0.05, 0.1) is 0 Å². The van der Waals surface area contributed by atoms with Crippen molar-refractivity contribution < 1.29 is 0 Å². The summed E-state index contributed by atoms with van der Waals surface area (Å²) in [4.78, 5) is 2.38. The molecule has 0 unspecified atom stereocenters. The zero-order valence-electron chi connectivity index (χ0n) is 34.2. The topological polar surface area (TPSA) is 3.24 Å². The summed E-state index contributed by atoms with van der Waals surface area (Å²) >= 11 is 1.94. The Morgan fingerprint density at radius 3 is 1.86 bits per heavy atom. The highest BCUT2D eigenvalue weighted by Gasteiger charge is 2.42. The molecule has 282 valence electrons. The third-order valence-electron chi connectivity index (χ3n) is 13.4. The average Bonchev–Trinajstić information content (AvgIpc) is 3.78. The van der Waals surface area contributed by atoms with Crippen molar-refractivity contribution in [2.75, 3.05) is 4.90 Å². The first-order chi connectivity index (χ1) is 28.0. The van der Waals surface area contributed by atoms with Crippen LogP contribution in [0.4, 0.5) is 17.1 Å². The second-order valence-electron chi connectivity index (χ2n) is 18.5. The normalized spacial score (nSPS) is 15.8. The molecule has 9 aromatic rings. The minimum absolute atomic E-state index is 0.00579. The molecule has 0 saturated heterocycles. The summed E-state index contributed by atoms with van der Waals surface area (Å²) in [5.41, 5.74) is 17.3. The second-order valence-corrected chi connectivity index (χ2v) is 19.6. The molecule has 0 radical (unpaired) electrons. The van der Waals surface area contributed by atoms with Gasteiger partial charge in [-0.25, -0.2) is 0 Å². The van der Waals surface area contributed by atoms with E-state index < -0.39 is 0 Å². The number of hydrogen-bond donors (Lipinski definition) is 0. The highest BCUT2D eigenvalue weighted by Crippen LogP contribution is 2.53. The number of anilines is 3. The van der Waals surface area contributed by atoms with Gasteiger partial charge in [0.1, 0.15) is 0 Å². The van der Waals surface area contributed by atoms with E-state index in [4.69, 9.17) is 0 Å². The largest absolute Gasteiger partial charge is 0.310 e. The van der Waals surface area contributed by atoms with Crippen molar-refractivity contribution in [2.24, 2.45) is 0 Å². The van der Waals surface area contributed by atoms with Crippen molar-refractivity contribution in [3.05, 3.63) is 186 Å². The Bertz CT molecular complexity index is 3110. The third-order valence-corrected chi connectivity index (χ3v) is 14.5. The number of nitrogens with zero attached hydrogens (tertiary/aromatic N) is 1. The quantitative estimate of drug-likeness (QED) is 0.169. The Kier molecular flexibility index (Phi) is 7.60. The molecule has 1 nitrogen and oxygen atoms in total. The maximum Gasteiger partial charge on any atom is 0.0468 e. The fourth-order valence-electron chi connectivity index (χ4n) is 10.8. The van der Waals surface area contributed by atoms with E-state index in [2.05, 4.69) is 210 Å². The lowest BCUT2D eigenvalue weighted by Gasteiger charge is -2.26. The van der Waals surface area contributed by atoms with Gasteiger partial charge in [0, 0.05) is 42.6 Å². The first kappa shape index (κ1) is 35.2. The molecule has 11 rings (SSSR count). The van der Waals surface area contributed by atoms with Crippen LogP contribution in [0.3, 0.4) is 0 Å². The highest BCUT2D eigenvalue weighted by atomic mass is 32.1. The van der Waals surface area contributed by atoms with Gasteiger partial charge in [-0.15, -0.1) is 11.3 Å². The summed E-state index contributed by atoms with van der Waals surface area (Å²) in [6.07, 6.45) is 1.18. The van der Waals surface area contributed by atoms with Crippen LogP contribution < -0.4 is 4.90 Å². The molecule has 2 aliphatic carbocycles. The summed E-state index contributed by atoms with van der Waals surface area (Å²) in [5.74, 6) is 0. The Balaban J connectivity index is 0.989. The number of benzene rings is 8. The zero-order valence-corrected chi connectivity index (χ0v) is 35.0. The highest BCUT2D eigenvalue weighted by molar-refractivity contribution is 7.26. The van der Waals surface area contributed by atoms with Crippen LogP contribution in [0.2, 0.25) is 0 Å². The van der Waals surface area contributed by atoms with Gasteiger partial charge in [-0.2, -0.15) is 0 Å². The van der Waals surface area contributed by atoms with Crippen LogP contribution in [0.1, 0.15) is 70.2 Å². The SMILES string of the molecule is CC1(C)CC(C)(C)c2cc3c(cc21)sc1cccc(-c2ccc4ccc(N(c5ccccc5)c5ccc(-c6ccc7c(c6)-c6ccccc6C7(C)C)cc5)cc4c2)c13. The van der Waals surface area contributed by atoms with Crippen molar-refractivity contribution >= 4 is 59.3 Å². The van der Waals surface area contributed by atoms with Gasteiger partial charge in [-0.1, -0.05) is 139 Å². The van der Waals surface area contributed by atoms with Gasteiger partial charge in [0.2, 0.25) is 0 Å². The molecule has 1 heterocycles. The number of thiophene rings is 1. The van der Waals surface area contributed by atoms with E-state index in [9.17, 15) is 0 Å². The van der Waals surface area contributed by atoms with Gasteiger partial charge < -0.3 is 4.90 Å². The Morgan fingerprint density at radius 1 is 0.414 bits per heavy atom. The summed E-state index contributed by atoms with van der Waals surface area (Å²) in [6.45, 7) is 14.4. The molecule has 2 heteroatoms. The molecular weight excluding hydrogens is 719 g/mol. The molecule has 1 aromatic heterocycles. The Morgan fingerprint density at radius 2 is 1.05 bits per heavy atom. The lowest BCUT2D eigenvalue weighted by atomic mass is 9.82. The lowest BCUT2D eigenvalue weighted by Crippen LogP contribution is -2.17. The average molecular weight is 766 g/mol. The van der Waals surface area contributed by atoms with Crippen molar-refractivity contribution in [3.63, 3.8) is 0 Å². The van der Waals surface area contributed by atoms with E-state index >= 15 is 0 Å². The summed E-state index contributed by atoms with van der Waals surface area (Å²) < 4.78 is 2.75. The zero-order chi connectivity index (χ0) is 39.6. The van der Waals surface area contributed by atoms with Crippen LogP contribution in [0, 0.1) is 0 Å². The standard InChI is InChI=1S/C56H47NS/c1-54(2)34-55(3,4)50-33-52-46(32-49(50)54)53-43(16-12-18-51(53)58-52)38-20-19-36-23-27-42(30-39(36)29-38)57(40-13-8-7-9-14-40)41-25-21-35(22-26-41)37-24-28-48-45(31-37)44-15-10-11-17-47(44)56(48,5)6/h7-33H,34H2,1-6H3. The second kappa shape index (κ2) is 12.5. The van der Waals surface area contributed by atoms with E-state index in [0.29, 0.717) is 0 Å². The maximum absolute atomic E-state index is 2.54. The van der Waals surface area contributed by atoms with Crippen molar-refractivity contribution in [1.82, 2.24) is 0 Å². The molecule has 8 aromatic carbocycles. The van der Waals surface area contributed by atoms with Gasteiger partial charge in [-0.3, -0.25) is 0 Å². The van der Waals surface area contributed by atoms with Crippen LogP contribution in [0.15, 0.2) is 164 Å². The van der Waals surface area contributed by atoms with Crippen molar-refractivity contribution in [2.45, 2.75) is 64.2 Å². The monoisotopic (exact) mass is 765 g/mol. The van der Waals surface area contributed by atoms with Gasteiger partial charge >= 0.3 is 0 Å². The molecule has 0 saturated carbocycles. The summed E-state index contributed by atoms with van der Waals surface area (Å²) in [7, 11) is 0. The fraction of sp³-hybridized carbons (Fsp3) is 0.179. The number of hydrogen-bond acceptors (Lipinski definition) is 2. The maximum atomic E-state index is 2.54. The van der Waals surface area contributed by atoms with Crippen molar-refractivity contribution in [3.8, 4) is 33.4 Å². The van der Waals surface area contributed by atoms with Crippen LogP contribution in [-0.2, 0) is 16.2 Å². The number of para-hydroxylation sites is 1. The van der Waals surface area contributed by atoms with E-state index in [1.807, 2.05) is 11.3 Å². The third kappa shape index (κ3) is 5.35. The molecule has 2 aliphatic rings. The number of fused-ring (bicyclic) bond motifs is 8. The molecule has 0 spiro atoms. The first-order valence-corrected chi connectivity index (χ1v) is 21.5. The fourth-order valence-corrected chi connectivity index (χ4v) is 11.9. The summed E-state index contributed by atoms with van der Waals surface area (Å²) in [6, 6.07) is 61.6. The number of rotatable bonds is 5. The predicted octanol–water partition coefficient (Wildman–Crippen LogP) is 16.3.